The molecule has 0 saturated heterocycles. The topological polar surface area (TPSA) is 104 Å². The second-order valence-electron chi connectivity index (χ2n) is 2.93. The molecule has 1 aliphatic rings. The quantitative estimate of drug-likeness (QED) is 0.296. The lowest BCUT2D eigenvalue weighted by atomic mass is 10.0. The Kier molecular flexibility index (Phi) is 1.29. The molecule has 0 aromatic rings. The van der Waals surface area contributed by atoms with E-state index < -0.39 is 11.3 Å². The number of hydrogen-bond acceptors (Lipinski definition) is 4. The molecule has 1 saturated carbocycles. The largest absolute Gasteiger partial charge is 0.311 e. The van der Waals surface area contributed by atoms with E-state index in [2.05, 4.69) is 0 Å². The SMILES string of the molecule is NC1(N)CCCC1(N)N. The molecule has 54 valence electrons. The van der Waals surface area contributed by atoms with Crippen molar-refractivity contribution < 1.29 is 0 Å². The predicted molar refractivity (Wildman–Crippen MR) is 36.1 cm³/mol. The Morgan fingerprint density at radius 3 is 1.22 bits per heavy atom. The zero-order valence-electron chi connectivity index (χ0n) is 5.43. The van der Waals surface area contributed by atoms with Crippen molar-refractivity contribution in [1.29, 1.82) is 0 Å². The van der Waals surface area contributed by atoms with Crippen molar-refractivity contribution in [3.63, 3.8) is 0 Å². The van der Waals surface area contributed by atoms with E-state index in [-0.39, 0.29) is 0 Å². The highest BCUT2D eigenvalue weighted by Gasteiger charge is 2.44. The maximum Gasteiger partial charge on any atom is 0.0955 e. The van der Waals surface area contributed by atoms with E-state index in [1.807, 2.05) is 0 Å². The molecule has 0 spiro atoms. The molecule has 0 aromatic heterocycles. The minimum absolute atomic E-state index is 0.722. The molecule has 0 radical (unpaired) electrons. The third-order valence-corrected chi connectivity index (χ3v) is 2.05. The van der Waals surface area contributed by atoms with Crippen LogP contribution in [0, 0.1) is 0 Å². The van der Waals surface area contributed by atoms with E-state index >= 15 is 0 Å². The highest BCUT2D eigenvalue weighted by Crippen LogP contribution is 2.26. The summed E-state index contributed by atoms with van der Waals surface area (Å²) in [5.74, 6) is 0. The average molecular weight is 130 g/mol. The van der Waals surface area contributed by atoms with Gasteiger partial charge in [0.1, 0.15) is 0 Å². The van der Waals surface area contributed by atoms with E-state index in [4.69, 9.17) is 22.9 Å². The van der Waals surface area contributed by atoms with Crippen LogP contribution < -0.4 is 22.9 Å². The summed E-state index contributed by atoms with van der Waals surface area (Å²) in [5.41, 5.74) is 20.6. The molecule has 4 nitrogen and oxygen atoms in total. The number of rotatable bonds is 0. The van der Waals surface area contributed by atoms with Gasteiger partial charge in [-0.2, -0.15) is 0 Å². The summed E-state index contributed by atoms with van der Waals surface area (Å²) in [7, 11) is 0. The van der Waals surface area contributed by atoms with Gasteiger partial charge >= 0.3 is 0 Å². The zero-order valence-corrected chi connectivity index (χ0v) is 5.43. The first-order chi connectivity index (χ1) is 3.96. The van der Waals surface area contributed by atoms with Crippen molar-refractivity contribution in [3.05, 3.63) is 0 Å². The molecular weight excluding hydrogens is 116 g/mol. The van der Waals surface area contributed by atoms with E-state index in [0.29, 0.717) is 0 Å². The molecular formula is C5H14N4. The van der Waals surface area contributed by atoms with E-state index in [9.17, 15) is 0 Å². The third kappa shape index (κ3) is 0.943. The van der Waals surface area contributed by atoms with Gasteiger partial charge in [-0.05, 0) is 19.3 Å². The molecule has 0 bridgehead atoms. The zero-order chi connectivity index (χ0) is 7.12. The number of hydrogen-bond donors (Lipinski definition) is 4. The summed E-state index contributed by atoms with van der Waals surface area (Å²) in [5, 5.41) is 0. The van der Waals surface area contributed by atoms with Crippen LogP contribution in [-0.2, 0) is 0 Å². The van der Waals surface area contributed by atoms with Gasteiger partial charge in [-0.3, -0.25) is 0 Å². The van der Waals surface area contributed by atoms with Gasteiger partial charge in [0.15, 0.2) is 0 Å². The molecule has 0 amide bonds. The van der Waals surface area contributed by atoms with Crippen LogP contribution >= 0.6 is 0 Å². The van der Waals surface area contributed by atoms with E-state index in [1.165, 1.54) is 0 Å². The smallest absolute Gasteiger partial charge is 0.0955 e. The highest BCUT2D eigenvalue weighted by atomic mass is 15.2. The van der Waals surface area contributed by atoms with Crippen LogP contribution in [0.3, 0.4) is 0 Å². The van der Waals surface area contributed by atoms with Crippen molar-refractivity contribution in [2.75, 3.05) is 0 Å². The predicted octanol–water partition coefficient (Wildman–Crippen LogP) is -1.60. The second kappa shape index (κ2) is 1.67. The van der Waals surface area contributed by atoms with Crippen molar-refractivity contribution in [1.82, 2.24) is 0 Å². The summed E-state index contributed by atoms with van der Waals surface area (Å²) >= 11 is 0. The molecule has 0 unspecified atom stereocenters. The first kappa shape index (κ1) is 6.95. The van der Waals surface area contributed by atoms with Gasteiger partial charge in [0.2, 0.25) is 0 Å². The van der Waals surface area contributed by atoms with Gasteiger partial charge in [0, 0.05) is 0 Å². The lowest BCUT2D eigenvalue weighted by Gasteiger charge is -2.33. The molecule has 9 heavy (non-hydrogen) atoms. The molecule has 0 aromatic carbocycles. The summed E-state index contributed by atoms with van der Waals surface area (Å²) in [6, 6.07) is 0. The molecule has 0 aliphatic heterocycles. The van der Waals surface area contributed by atoms with Crippen molar-refractivity contribution >= 4 is 0 Å². The third-order valence-electron chi connectivity index (χ3n) is 2.05. The van der Waals surface area contributed by atoms with Gasteiger partial charge in [0.25, 0.3) is 0 Å². The van der Waals surface area contributed by atoms with Gasteiger partial charge < -0.3 is 22.9 Å². The molecule has 1 fully saturated rings. The average Bonchev–Trinajstić information content (AvgIpc) is 1.81. The first-order valence-corrected chi connectivity index (χ1v) is 3.11. The normalized spacial score (nSPS) is 30.7. The fourth-order valence-corrected chi connectivity index (χ4v) is 1.14. The molecule has 0 atom stereocenters. The fraction of sp³-hybridized carbons (Fsp3) is 1.00. The minimum Gasteiger partial charge on any atom is -0.311 e. The van der Waals surface area contributed by atoms with Crippen LogP contribution in [0.5, 0.6) is 0 Å². The van der Waals surface area contributed by atoms with Gasteiger partial charge in [0.05, 0.1) is 11.3 Å². The van der Waals surface area contributed by atoms with Crippen LogP contribution in [0.2, 0.25) is 0 Å². The summed E-state index contributed by atoms with van der Waals surface area (Å²) in [6.07, 6.45) is 2.38. The van der Waals surface area contributed by atoms with E-state index in [0.717, 1.165) is 19.3 Å². The van der Waals surface area contributed by atoms with Crippen LogP contribution in [0.15, 0.2) is 0 Å². The maximum absolute atomic E-state index is 5.58. The lowest BCUT2D eigenvalue weighted by molar-refractivity contribution is 0.277. The summed E-state index contributed by atoms with van der Waals surface area (Å²) in [6.45, 7) is 0. The number of nitrogens with two attached hydrogens (primary N) is 4. The fourth-order valence-electron chi connectivity index (χ4n) is 1.14. The molecule has 1 rings (SSSR count). The van der Waals surface area contributed by atoms with Crippen LogP contribution in [0.25, 0.3) is 0 Å². The molecule has 8 N–H and O–H groups in total. The first-order valence-electron chi connectivity index (χ1n) is 3.11. The molecule has 0 heterocycles. The van der Waals surface area contributed by atoms with Crippen LogP contribution in [0.4, 0.5) is 0 Å². The van der Waals surface area contributed by atoms with Crippen molar-refractivity contribution in [2.45, 2.75) is 30.6 Å². The van der Waals surface area contributed by atoms with Crippen molar-refractivity contribution in [2.24, 2.45) is 22.9 Å². The second-order valence-corrected chi connectivity index (χ2v) is 2.93. The van der Waals surface area contributed by atoms with Gasteiger partial charge in [-0.15, -0.1) is 0 Å². The van der Waals surface area contributed by atoms with Crippen LogP contribution in [-0.4, -0.2) is 11.3 Å². The van der Waals surface area contributed by atoms with Crippen LogP contribution in [0.1, 0.15) is 19.3 Å². The monoisotopic (exact) mass is 130 g/mol. The Bertz CT molecular complexity index is 104. The standard InChI is InChI=1S/C5H14N4/c6-4(7)2-1-3-5(4,8)9/h1-3,6-9H2. The van der Waals surface area contributed by atoms with Crippen molar-refractivity contribution in [3.8, 4) is 0 Å². The van der Waals surface area contributed by atoms with Gasteiger partial charge in [-0.25, -0.2) is 0 Å². The Balaban J connectivity index is 2.75. The molecule has 1 aliphatic carbocycles. The Hall–Kier alpha value is -0.160. The van der Waals surface area contributed by atoms with E-state index in [1.54, 1.807) is 0 Å². The van der Waals surface area contributed by atoms with Gasteiger partial charge in [-0.1, -0.05) is 0 Å². The molecule has 4 heteroatoms. The minimum atomic E-state index is -0.854. The maximum atomic E-state index is 5.58. The Morgan fingerprint density at radius 2 is 1.11 bits per heavy atom. The highest BCUT2D eigenvalue weighted by molar-refractivity contribution is 5.03. The lowest BCUT2D eigenvalue weighted by Crippen LogP contribution is -2.72. The summed E-state index contributed by atoms with van der Waals surface area (Å²) in [4.78, 5) is 0. The Labute approximate surface area is 54.6 Å². The summed E-state index contributed by atoms with van der Waals surface area (Å²) < 4.78 is 0. The Morgan fingerprint density at radius 1 is 0.778 bits per heavy atom.